The number of carbonyl (C=O) groups is 2. The number of rotatable bonds is 6. The molecule has 0 heterocycles. The molecular formula is C17H17FN2O3. The molecule has 23 heavy (non-hydrogen) atoms. The highest BCUT2D eigenvalue weighted by Crippen LogP contribution is 2.15. The van der Waals surface area contributed by atoms with Crippen LogP contribution in [-0.4, -0.2) is 17.9 Å². The first-order valence-corrected chi connectivity index (χ1v) is 7.04. The van der Waals surface area contributed by atoms with E-state index in [1.165, 1.54) is 18.2 Å². The molecular weight excluding hydrogens is 299 g/mol. The second-order valence-electron chi connectivity index (χ2n) is 5.05. The van der Waals surface area contributed by atoms with Crippen LogP contribution in [-0.2, 0) is 16.0 Å². The van der Waals surface area contributed by atoms with Gasteiger partial charge in [-0.05, 0) is 36.8 Å². The van der Waals surface area contributed by atoms with Crippen molar-refractivity contribution in [3.8, 4) is 5.75 Å². The first-order valence-electron chi connectivity index (χ1n) is 7.04. The number of hydrogen-bond acceptors (Lipinski definition) is 3. The number of anilines is 1. The van der Waals surface area contributed by atoms with Gasteiger partial charge in [0.15, 0.2) is 6.10 Å². The summed E-state index contributed by atoms with van der Waals surface area (Å²) in [6.45, 7) is 1.57. The second kappa shape index (κ2) is 7.40. The van der Waals surface area contributed by atoms with E-state index in [0.717, 1.165) is 5.56 Å². The highest BCUT2D eigenvalue weighted by molar-refractivity contribution is 5.94. The number of ether oxygens (including phenoxy) is 1. The first-order chi connectivity index (χ1) is 10.9. The van der Waals surface area contributed by atoms with Gasteiger partial charge >= 0.3 is 0 Å². The quantitative estimate of drug-likeness (QED) is 0.857. The average molecular weight is 316 g/mol. The molecule has 1 atom stereocenters. The zero-order valence-electron chi connectivity index (χ0n) is 12.6. The van der Waals surface area contributed by atoms with Crippen molar-refractivity contribution < 1.29 is 18.7 Å². The fourth-order valence-electron chi connectivity index (χ4n) is 1.95. The molecule has 0 bridgehead atoms. The Labute approximate surface area is 133 Å². The number of nitrogens with one attached hydrogen (secondary N) is 1. The summed E-state index contributed by atoms with van der Waals surface area (Å²) in [4.78, 5) is 22.9. The maximum absolute atomic E-state index is 13.1. The number of benzene rings is 2. The molecule has 3 N–H and O–H groups in total. The molecule has 1 unspecified atom stereocenters. The molecule has 0 aliphatic rings. The standard InChI is InChI=1S/C17H17FN2O3/c1-11(23-15-4-2-3-13(18)10-15)17(22)20-14-7-5-12(6-8-14)9-16(19)21/h2-8,10-11H,9H2,1H3,(H2,19,21)(H,20,22). The van der Waals surface area contributed by atoms with Crippen LogP contribution in [0.15, 0.2) is 48.5 Å². The Kier molecular flexibility index (Phi) is 5.30. The van der Waals surface area contributed by atoms with E-state index >= 15 is 0 Å². The van der Waals surface area contributed by atoms with Crippen molar-refractivity contribution in [2.24, 2.45) is 5.73 Å². The van der Waals surface area contributed by atoms with Crippen LogP contribution in [0.1, 0.15) is 12.5 Å². The van der Waals surface area contributed by atoms with Gasteiger partial charge in [0.25, 0.3) is 5.91 Å². The van der Waals surface area contributed by atoms with Crippen LogP contribution in [0.3, 0.4) is 0 Å². The van der Waals surface area contributed by atoms with E-state index < -0.39 is 17.8 Å². The molecule has 0 saturated carbocycles. The summed E-state index contributed by atoms with van der Waals surface area (Å²) in [7, 11) is 0. The summed E-state index contributed by atoms with van der Waals surface area (Å²) in [5.74, 6) is -0.930. The van der Waals surface area contributed by atoms with Crippen LogP contribution in [0.25, 0.3) is 0 Å². The number of carbonyl (C=O) groups excluding carboxylic acids is 2. The van der Waals surface area contributed by atoms with Crippen molar-refractivity contribution in [3.63, 3.8) is 0 Å². The van der Waals surface area contributed by atoms with Gasteiger partial charge in [0.1, 0.15) is 11.6 Å². The van der Waals surface area contributed by atoms with Crippen LogP contribution in [0.2, 0.25) is 0 Å². The largest absolute Gasteiger partial charge is 0.481 e. The number of halogens is 1. The number of hydrogen-bond donors (Lipinski definition) is 2. The number of primary amides is 1. The summed E-state index contributed by atoms with van der Waals surface area (Å²) in [5.41, 5.74) is 6.45. The van der Waals surface area contributed by atoms with Crippen molar-refractivity contribution in [3.05, 3.63) is 59.9 Å². The van der Waals surface area contributed by atoms with Crippen LogP contribution >= 0.6 is 0 Å². The predicted octanol–water partition coefficient (Wildman–Crippen LogP) is 2.26. The summed E-state index contributed by atoms with van der Waals surface area (Å²) in [6.07, 6.45) is -0.644. The highest BCUT2D eigenvalue weighted by Gasteiger charge is 2.15. The fraction of sp³-hybridized carbons (Fsp3) is 0.176. The monoisotopic (exact) mass is 316 g/mol. The first kappa shape index (κ1) is 16.5. The van der Waals surface area contributed by atoms with Crippen LogP contribution in [0.5, 0.6) is 5.75 Å². The minimum atomic E-state index is -0.790. The third kappa shape index (κ3) is 5.10. The molecule has 0 fully saturated rings. The summed E-state index contributed by atoms with van der Waals surface area (Å²) in [6, 6.07) is 12.3. The van der Waals surface area contributed by atoms with E-state index in [2.05, 4.69) is 5.32 Å². The van der Waals surface area contributed by atoms with Gasteiger partial charge in [-0.25, -0.2) is 4.39 Å². The fourth-order valence-corrected chi connectivity index (χ4v) is 1.95. The lowest BCUT2D eigenvalue weighted by molar-refractivity contribution is -0.122. The van der Waals surface area contributed by atoms with Gasteiger partial charge in [-0.15, -0.1) is 0 Å². The Hall–Kier alpha value is -2.89. The normalized spacial score (nSPS) is 11.6. The van der Waals surface area contributed by atoms with Gasteiger partial charge in [-0.3, -0.25) is 9.59 Å². The van der Waals surface area contributed by atoms with E-state index in [4.69, 9.17) is 10.5 Å². The van der Waals surface area contributed by atoms with Gasteiger partial charge in [0.2, 0.25) is 5.91 Å². The zero-order valence-corrected chi connectivity index (χ0v) is 12.6. The van der Waals surface area contributed by atoms with Crippen LogP contribution in [0.4, 0.5) is 10.1 Å². The lowest BCUT2D eigenvalue weighted by Crippen LogP contribution is -2.30. The van der Waals surface area contributed by atoms with E-state index in [9.17, 15) is 14.0 Å². The Morgan fingerprint density at radius 1 is 1.22 bits per heavy atom. The molecule has 0 spiro atoms. The zero-order chi connectivity index (χ0) is 16.8. The third-order valence-electron chi connectivity index (χ3n) is 3.08. The summed E-state index contributed by atoms with van der Waals surface area (Å²) >= 11 is 0. The average Bonchev–Trinajstić information content (AvgIpc) is 2.48. The molecule has 0 aliphatic heterocycles. The van der Waals surface area contributed by atoms with E-state index in [-0.39, 0.29) is 18.1 Å². The SMILES string of the molecule is CC(Oc1cccc(F)c1)C(=O)Nc1ccc(CC(N)=O)cc1. The molecule has 0 radical (unpaired) electrons. The number of nitrogens with two attached hydrogens (primary N) is 1. The van der Waals surface area contributed by atoms with Gasteiger partial charge in [0, 0.05) is 11.8 Å². The van der Waals surface area contributed by atoms with Crippen molar-refractivity contribution in [1.29, 1.82) is 0 Å². The predicted molar refractivity (Wildman–Crippen MR) is 84.5 cm³/mol. The molecule has 6 heteroatoms. The van der Waals surface area contributed by atoms with Crippen molar-refractivity contribution in [2.75, 3.05) is 5.32 Å². The Morgan fingerprint density at radius 2 is 1.91 bits per heavy atom. The van der Waals surface area contributed by atoms with Gasteiger partial charge in [0.05, 0.1) is 6.42 Å². The van der Waals surface area contributed by atoms with Crippen molar-refractivity contribution in [1.82, 2.24) is 0 Å². The lowest BCUT2D eigenvalue weighted by Gasteiger charge is -2.15. The highest BCUT2D eigenvalue weighted by atomic mass is 19.1. The van der Waals surface area contributed by atoms with E-state index in [1.807, 2.05) is 0 Å². The smallest absolute Gasteiger partial charge is 0.265 e. The van der Waals surface area contributed by atoms with E-state index in [0.29, 0.717) is 5.69 Å². The van der Waals surface area contributed by atoms with Gasteiger partial charge < -0.3 is 15.8 Å². The Balaban J connectivity index is 1.94. The molecule has 2 aromatic rings. The summed E-state index contributed by atoms with van der Waals surface area (Å²) in [5, 5.41) is 2.68. The maximum Gasteiger partial charge on any atom is 0.265 e. The molecule has 2 rings (SSSR count). The summed E-state index contributed by atoms with van der Waals surface area (Å²) < 4.78 is 18.5. The molecule has 0 aromatic heterocycles. The third-order valence-corrected chi connectivity index (χ3v) is 3.08. The van der Waals surface area contributed by atoms with Crippen LogP contribution in [0, 0.1) is 5.82 Å². The van der Waals surface area contributed by atoms with Crippen molar-refractivity contribution >= 4 is 17.5 Å². The topological polar surface area (TPSA) is 81.4 Å². The maximum atomic E-state index is 13.1. The molecule has 0 saturated heterocycles. The van der Waals surface area contributed by atoms with Gasteiger partial charge in [-0.1, -0.05) is 18.2 Å². The second-order valence-corrected chi connectivity index (χ2v) is 5.05. The van der Waals surface area contributed by atoms with Gasteiger partial charge in [-0.2, -0.15) is 0 Å². The molecule has 5 nitrogen and oxygen atoms in total. The lowest BCUT2D eigenvalue weighted by atomic mass is 10.1. The van der Waals surface area contributed by atoms with Crippen LogP contribution < -0.4 is 15.8 Å². The minimum Gasteiger partial charge on any atom is -0.481 e. The molecule has 120 valence electrons. The molecule has 0 aliphatic carbocycles. The Bertz CT molecular complexity index is 701. The van der Waals surface area contributed by atoms with Crippen molar-refractivity contribution in [2.45, 2.75) is 19.4 Å². The minimum absolute atomic E-state index is 0.146. The molecule has 2 aromatic carbocycles. The molecule has 2 amide bonds. The van der Waals surface area contributed by atoms with E-state index in [1.54, 1.807) is 37.3 Å². The number of amides is 2. The Morgan fingerprint density at radius 3 is 2.52 bits per heavy atom.